The van der Waals surface area contributed by atoms with E-state index in [0.29, 0.717) is 43.7 Å². The second kappa shape index (κ2) is 7.68. The number of hydrogen-bond donors (Lipinski definition) is 0. The lowest BCUT2D eigenvalue weighted by Crippen LogP contribution is -2.42. The zero-order valence-electron chi connectivity index (χ0n) is 14.8. The van der Waals surface area contributed by atoms with Gasteiger partial charge in [-0.3, -0.25) is 24.1 Å². The molecule has 2 aliphatic heterocycles. The van der Waals surface area contributed by atoms with Gasteiger partial charge in [0.25, 0.3) is 11.8 Å². The number of likely N-dealkylation sites (tertiary alicyclic amines) is 1. The Kier molecular flexibility index (Phi) is 5.35. The standard InChI is InChI=1S/C19H22N2O5/c1-2-26-19(25)13-7-10-20(11-8-13)16(22)9-12-21-17(23)14-5-3-4-6-15(14)18(21)24/h3-6,13H,2,7-12H2,1H3. The van der Waals surface area contributed by atoms with Crippen LogP contribution >= 0.6 is 0 Å². The van der Waals surface area contributed by atoms with Gasteiger partial charge in [-0.25, -0.2) is 0 Å². The van der Waals surface area contributed by atoms with Gasteiger partial charge in [-0.05, 0) is 31.9 Å². The summed E-state index contributed by atoms with van der Waals surface area (Å²) in [6, 6.07) is 6.67. The van der Waals surface area contributed by atoms with Crippen molar-refractivity contribution in [3.05, 3.63) is 35.4 Å². The molecule has 1 aromatic rings. The molecule has 0 spiro atoms. The molecule has 3 rings (SSSR count). The van der Waals surface area contributed by atoms with E-state index in [1.54, 1.807) is 36.1 Å². The number of benzene rings is 1. The van der Waals surface area contributed by atoms with Crippen molar-refractivity contribution in [3.63, 3.8) is 0 Å². The first-order valence-corrected chi connectivity index (χ1v) is 8.92. The Morgan fingerprint density at radius 1 is 1.08 bits per heavy atom. The molecule has 2 heterocycles. The zero-order valence-corrected chi connectivity index (χ0v) is 14.8. The fraction of sp³-hybridized carbons (Fsp3) is 0.474. The maximum absolute atomic E-state index is 12.4. The number of carbonyl (C=O) groups is 4. The minimum atomic E-state index is -0.348. The fourth-order valence-electron chi connectivity index (χ4n) is 3.43. The van der Waals surface area contributed by atoms with Crippen LogP contribution in [0.4, 0.5) is 0 Å². The maximum Gasteiger partial charge on any atom is 0.309 e. The number of nitrogens with zero attached hydrogens (tertiary/aromatic N) is 2. The first-order valence-electron chi connectivity index (χ1n) is 8.92. The molecule has 0 N–H and O–H groups in total. The van der Waals surface area contributed by atoms with Crippen LogP contribution in [0, 0.1) is 5.92 Å². The smallest absolute Gasteiger partial charge is 0.309 e. The topological polar surface area (TPSA) is 84.0 Å². The van der Waals surface area contributed by atoms with Gasteiger partial charge in [-0.15, -0.1) is 0 Å². The lowest BCUT2D eigenvalue weighted by atomic mass is 9.97. The minimum Gasteiger partial charge on any atom is -0.466 e. The zero-order chi connectivity index (χ0) is 18.7. The summed E-state index contributed by atoms with van der Waals surface area (Å²) < 4.78 is 5.02. The third-order valence-corrected chi connectivity index (χ3v) is 4.90. The molecule has 1 fully saturated rings. The highest BCUT2D eigenvalue weighted by Gasteiger charge is 2.35. The van der Waals surface area contributed by atoms with Crippen molar-refractivity contribution in [1.29, 1.82) is 0 Å². The molecule has 26 heavy (non-hydrogen) atoms. The van der Waals surface area contributed by atoms with Crippen LogP contribution in [0.15, 0.2) is 24.3 Å². The van der Waals surface area contributed by atoms with Gasteiger partial charge in [0, 0.05) is 26.1 Å². The number of hydrogen-bond acceptors (Lipinski definition) is 5. The van der Waals surface area contributed by atoms with Crippen LogP contribution in [-0.4, -0.2) is 59.7 Å². The SMILES string of the molecule is CCOC(=O)C1CCN(C(=O)CCN2C(=O)c3ccccc3C2=O)CC1. The van der Waals surface area contributed by atoms with Gasteiger partial charge in [-0.2, -0.15) is 0 Å². The van der Waals surface area contributed by atoms with E-state index >= 15 is 0 Å². The molecule has 0 radical (unpaired) electrons. The third kappa shape index (κ3) is 3.47. The number of piperidine rings is 1. The average Bonchev–Trinajstić information content (AvgIpc) is 2.91. The molecule has 7 nitrogen and oxygen atoms in total. The van der Waals surface area contributed by atoms with Gasteiger partial charge in [-0.1, -0.05) is 12.1 Å². The molecule has 0 atom stereocenters. The van der Waals surface area contributed by atoms with Gasteiger partial charge in [0.05, 0.1) is 23.7 Å². The van der Waals surface area contributed by atoms with Crippen molar-refractivity contribution < 1.29 is 23.9 Å². The van der Waals surface area contributed by atoms with Crippen molar-refractivity contribution in [1.82, 2.24) is 9.80 Å². The van der Waals surface area contributed by atoms with Crippen molar-refractivity contribution in [2.45, 2.75) is 26.2 Å². The molecule has 0 saturated carbocycles. The lowest BCUT2D eigenvalue weighted by molar-refractivity contribution is -0.151. The molecule has 0 aromatic heterocycles. The van der Waals surface area contributed by atoms with Crippen LogP contribution in [0.25, 0.3) is 0 Å². The maximum atomic E-state index is 12.4. The Labute approximate surface area is 151 Å². The summed E-state index contributed by atoms with van der Waals surface area (Å²) in [5, 5.41) is 0. The highest BCUT2D eigenvalue weighted by Crippen LogP contribution is 2.23. The molecule has 138 valence electrons. The first-order chi connectivity index (χ1) is 12.5. The van der Waals surface area contributed by atoms with Crippen LogP contribution in [0.5, 0.6) is 0 Å². The molecule has 1 saturated heterocycles. The summed E-state index contributed by atoms with van der Waals surface area (Å²) in [6.07, 6.45) is 1.25. The average molecular weight is 358 g/mol. The molecule has 1 aromatic carbocycles. The van der Waals surface area contributed by atoms with Crippen LogP contribution < -0.4 is 0 Å². The normalized spacial score (nSPS) is 17.4. The molecular formula is C19H22N2O5. The first kappa shape index (κ1) is 18.1. The predicted molar refractivity (Wildman–Crippen MR) is 92.4 cm³/mol. The summed E-state index contributed by atoms with van der Waals surface area (Å²) in [5.41, 5.74) is 0.778. The Morgan fingerprint density at radius 2 is 1.65 bits per heavy atom. The van der Waals surface area contributed by atoms with Gasteiger partial charge < -0.3 is 9.64 Å². The fourth-order valence-corrected chi connectivity index (χ4v) is 3.43. The van der Waals surface area contributed by atoms with Gasteiger partial charge in [0.1, 0.15) is 0 Å². The van der Waals surface area contributed by atoms with Crippen LogP contribution in [-0.2, 0) is 14.3 Å². The highest BCUT2D eigenvalue weighted by atomic mass is 16.5. The molecule has 0 bridgehead atoms. The number of rotatable bonds is 5. The quantitative estimate of drug-likeness (QED) is 0.588. The van der Waals surface area contributed by atoms with Gasteiger partial charge in [0.2, 0.25) is 5.91 Å². The van der Waals surface area contributed by atoms with Crippen LogP contribution in [0.1, 0.15) is 46.9 Å². The van der Waals surface area contributed by atoms with E-state index in [4.69, 9.17) is 4.74 Å². The largest absolute Gasteiger partial charge is 0.466 e. The molecule has 3 amide bonds. The second-order valence-electron chi connectivity index (χ2n) is 6.46. The van der Waals surface area contributed by atoms with Crippen molar-refractivity contribution in [2.24, 2.45) is 5.92 Å². The predicted octanol–water partition coefficient (Wildman–Crippen LogP) is 1.47. The number of carbonyl (C=O) groups excluding carboxylic acids is 4. The summed E-state index contributed by atoms with van der Waals surface area (Å²) in [7, 11) is 0. The Balaban J connectivity index is 1.51. The monoisotopic (exact) mass is 358 g/mol. The summed E-state index contributed by atoms with van der Waals surface area (Å²) in [5.74, 6) is -1.16. The van der Waals surface area contributed by atoms with Gasteiger partial charge in [0.15, 0.2) is 0 Å². The molecule has 0 unspecified atom stereocenters. The van der Waals surface area contributed by atoms with E-state index in [-0.39, 0.29) is 42.6 Å². The van der Waals surface area contributed by atoms with Crippen molar-refractivity contribution in [3.8, 4) is 0 Å². The number of amides is 3. The number of imide groups is 1. The summed E-state index contributed by atoms with van der Waals surface area (Å²) in [6.45, 7) is 3.19. The van der Waals surface area contributed by atoms with E-state index in [1.807, 2.05) is 0 Å². The Hall–Kier alpha value is -2.70. The van der Waals surface area contributed by atoms with Gasteiger partial charge >= 0.3 is 5.97 Å². The Bertz CT molecular complexity index is 702. The number of esters is 1. The second-order valence-corrected chi connectivity index (χ2v) is 6.46. The van der Waals surface area contributed by atoms with E-state index in [9.17, 15) is 19.2 Å². The van der Waals surface area contributed by atoms with E-state index in [2.05, 4.69) is 0 Å². The van der Waals surface area contributed by atoms with Crippen LogP contribution in [0.2, 0.25) is 0 Å². The Morgan fingerprint density at radius 3 is 2.19 bits per heavy atom. The van der Waals surface area contributed by atoms with Crippen molar-refractivity contribution in [2.75, 3.05) is 26.2 Å². The minimum absolute atomic E-state index is 0.0724. The lowest BCUT2D eigenvalue weighted by Gasteiger charge is -2.31. The number of ether oxygens (including phenoxy) is 1. The van der Waals surface area contributed by atoms with E-state index in [0.717, 1.165) is 4.90 Å². The summed E-state index contributed by atoms with van der Waals surface area (Å²) >= 11 is 0. The molecule has 2 aliphatic rings. The number of fused-ring (bicyclic) bond motifs is 1. The van der Waals surface area contributed by atoms with E-state index in [1.165, 1.54) is 0 Å². The van der Waals surface area contributed by atoms with Crippen LogP contribution in [0.3, 0.4) is 0 Å². The molecule has 7 heteroatoms. The van der Waals surface area contributed by atoms with Crippen molar-refractivity contribution >= 4 is 23.7 Å². The molecule has 0 aliphatic carbocycles. The molecular weight excluding hydrogens is 336 g/mol. The summed E-state index contributed by atoms with van der Waals surface area (Å²) in [4.78, 5) is 51.6. The third-order valence-electron chi connectivity index (χ3n) is 4.90. The highest BCUT2D eigenvalue weighted by molar-refractivity contribution is 6.21. The van der Waals surface area contributed by atoms with E-state index < -0.39 is 0 Å².